The van der Waals surface area contributed by atoms with E-state index in [2.05, 4.69) is 43.1 Å². The van der Waals surface area contributed by atoms with Crippen molar-refractivity contribution in [2.24, 2.45) is 5.73 Å². The van der Waals surface area contributed by atoms with E-state index in [1.807, 2.05) is 0 Å². The van der Waals surface area contributed by atoms with E-state index in [-0.39, 0.29) is 0 Å². The molecule has 2 N–H and O–H groups in total. The van der Waals surface area contributed by atoms with Crippen molar-refractivity contribution in [1.82, 2.24) is 4.90 Å². The smallest absolute Gasteiger partial charge is 0.0230 e. The Morgan fingerprint density at radius 2 is 1.94 bits per heavy atom. The maximum absolute atomic E-state index is 5.63. The molecular weight excluding hydrogens is 196 g/mol. The minimum atomic E-state index is 0.632. The summed E-state index contributed by atoms with van der Waals surface area (Å²) in [5.74, 6) is 0. The normalized spacial score (nSPS) is 11.0. The first-order valence-electron chi connectivity index (χ1n) is 6.22. The maximum atomic E-state index is 5.63. The number of unbranched alkanes of at least 4 members (excludes halogenated alkanes) is 2. The Hall–Kier alpha value is -0.860. The van der Waals surface area contributed by atoms with Crippen molar-refractivity contribution in [3.8, 4) is 0 Å². The van der Waals surface area contributed by atoms with Crippen LogP contribution >= 0.6 is 0 Å². The highest BCUT2D eigenvalue weighted by Crippen LogP contribution is 2.08. The van der Waals surface area contributed by atoms with Gasteiger partial charge in [0.05, 0.1) is 0 Å². The van der Waals surface area contributed by atoms with Crippen molar-refractivity contribution >= 4 is 0 Å². The molecule has 2 heteroatoms. The highest BCUT2D eigenvalue weighted by Gasteiger charge is 2.00. The lowest BCUT2D eigenvalue weighted by Gasteiger charge is -2.16. The second-order valence-corrected chi connectivity index (χ2v) is 4.47. The lowest BCUT2D eigenvalue weighted by atomic mass is 10.1. The van der Waals surface area contributed by atoms with Gasteiger partial charge < -0.3 is 10.6 Å². The Kier molecular flexibility index (Phi) is 6.12. The minimum Gasteiger partial charge on any atom is -0.326 e. The summed E-state index contributed by atoms with van der Waals surface area (Å²) in [5, 5.41) is 0. The fourth-order valence-corrected chi connectivity index (χ4v) is 1.88. The SMILES string of the molecule is CCCCCN(C)Cc1cccc(CN)c1. The number of hydrogen-bond acceptors (Lipinski definition) is 2. The van der Waals surface area contributed by atoms with E-state index >= 15 is 0 Å². The van der Waals surface area contributed by atoms with Crippen molar-refractivity contribution < 1.29 is 0 Å². The molecule has 90 valence electrons. The largest absolute Gasteiger partial charge is 0.326 e. The van der Waals surface area contributed by atoms with E-state index in [9.17, 15) is 0 Å². The Bertz CT molecular complexity index is 297. The fourth-order valence-electron chi connectivity index (χ4n) is 1.88. The second kappa shape index (κ2) is 7.42. The number of rotatable bonds is 7. The molecule has 0 aliphatic carbocycles. The van der Waals surface area contributed by atoms with E-state index in [0.717, 1.165) is 6.54 Å². The van der Waals surface area contributed by atoms with Gasteiger partial charge in [-0.15, -0.1) is 0 Å². The molecule has 1 rings (SSSR count). The molecule has 1 aromatic carbocycles. The summed E-state index contributed by atoms with van der Waals surface area (Å²) in [4.78, 5) is 2.38. The molecule has 0 heterocycles. The number of nitrogens with two attached hydrogens (primary N) is 1. The Balaban J connectivity index is 2.39. The highest BCUT2D eigenvalue weighted by molar-refractivity contribution is 5.23. The average molecular weight is 220 g/mol. The molecule has 0 fully saturated rings. The van der Waals surface area contributed by atoms with Gasteiger partial charge in [-0.2, -0.15) is 0 Å². The van der Waals surface area contributed by atoms with Gasteiger partial charge in [-0.05, 0) is 31.1 Å². The molecule has 0 saturated heterocycles. The van der Waals surface area contributed by atoms with Crippen LogP contribution in [0.15, 0.2) is 24.3 Å². The predicted molar refractivity (Wildman–Crippen MR) is 70.2 cm³/mol. The molecule has 0 aliphatic heterocycles. The molecule has 0 unspecified atom stereocenters. The number of hydrogen-bond donors (Lipinski definition) is 1. The van der Waals surface area contributed by atoms with E-state index in [1.165, 1.54) is 36.9 Å². The Morgan fingerprint density at radius 3 is 2.62 bits per heavy atom. The van der Waals surface area contributed by atoms with Crippen LogP contribution in [0, 0.1) is 0 Å². The fraction of sp³-hybridized carbons (Fsp3) is 0.571. The summed E-state index contributed by atoms with van der Waals surface area (Å²) in [5.41, 5.74) is 8.22. The van der Waals surface area contributed by atoms with Gasteiger partial charge in [-0.1, -0.05) is 44.0 Å². The first kappa shape index (κ1) is 13.2. The standard InChI is InChI=1S/C14H24N2/c1-3-4-5-9-16(2)12-14-8-6-7-13(10-14)11-15/h6-8,10H,3-5,9,11-12,15H2,1-2H3. The van der Waals surface area contributed by atoms with Gasteiger partial charge in [0.1, 0.15) is 0 Å². The van der Waals surface area contributed by atoms with Gasteiger partial charge in [0, 0.05) is 13.1 Å². The second-order valence-electron chi connectivity index (χ2n) is 4.47. The summed E-state index contributed by atoms with van der Waals surface area (Å²) < 4.78 is 0. The van der Waals surface area contributed by atoms with Gasteiger partial charge in [0.15, 0.2) is 0 Å². The first-order chi connectivity index (χ1) is 7.76. The zero-order valence-corrected chi connectivity index (χ0v) is 10.6. The summed E-state index contributed by atoms with van der Waals surface area (Å²) >= 11 is 0. The highest BCUT2D eigenvalue weighted by atomic mass is 15.1. The summed E-state index contributed by atoms with van der Waals surface area (Å²) in [7, 11) is 2.19. The van der Waals surface area contributed by atoms with E-state index < -0.39 is 0 Å². The van der Waals surface area contributed by atoms with Crippen LogP contribution in [0.25, 0.3) is 0 Å². The lowest BCUT2D eigenvalue weighted by Crippen LogP contribution is -2.19. The maximum Gasteiger partial charge on any atom is 0.0230 e. The summed E-state index contributed by atoms with van der Waals surface area (Å²) in [6.45, 7) is 5.08. The van der Waals surface area contributed by atoms with Crippen LogP contribution in [-0.4, -0.2) is 18.5 Å². The molecule has 16 heavy (non-hydrogen) atoms. The lowest BCUT2D eigenvalue weighted by molar-refractivity contribution is 0.318. The third kappa shape index (κ3) is 4.77. The van der Waals surface area contributed by atoms with Gasteiger partial charge in [-0.3, -0.25) is 0 Å². The molecular formula is C14H24N2. The van der Waals surface area contributed by atoms with Gasteiger partial charge in [0.2, 0.25) is 0 Å². The molecule has 0 aromatic heterocycles. The molecule has 0 amide bonds. The quantitative estimate of drug-likeness (QED) is 0.716. The van der Waals surface area contributed by atoms with E-state index in [0.29, 0.717) is 6.54 Å². The third-order valence-corrected chi connectivity index (χ3v) is 2.82. The zero-order valence-electron chi connectivity index (χ0n) is 10.6. The molecule has 0 spiro atoms. The molecule has 0 saturated carbocycles. The van der Waals surface area contributed by atoms with Gasteiger partial charge >= 0.3 is 0 Å². The molecule has 1 aromatic rings. The molecule has 0 atom stereocenters. The molecule has 0 radical (unpaired) electrons. The Labute approximate surface area is 99.5 Å². The zero-order chi connectivity index (χ0) is 11.8. The van der Waals surface area contributed by atoms with Crippen molar-refractivity contribution in [2.75, 3.05) is 13.6 Å². The topological polar surface area (TPSA) is 29.3 Å². The number of benzene rings is 1. The van der Waals surface area contributed by atoms with E-state index in [1.54, 1.807) is 0 Å². The minimum absolute atomic E-state index is 0.632. The van der Waals surface area contributed by atoms with Crippen molar-refractivity contribution in [3.63, 3.8) is 0 Å². The predicted octanol–water partition coefficient (Wildman–Crippen LogP) is 2.77. The number of nitrogens with zero attached hydrogens (tertiary/aromatic N) is 1. The van der Waals surface area contributed by atoms with Crippen molar-refractivity contribution in [2.45, 2.75) is 39.3 Å². The van der Waals surface area contributed by atoms with Gasteiger partial charge in [-0.25, -0.2) is 0 Å². The van der Waals surface area contributed by atoms with E-state index in [4.69, 9.17) is 5.73 Å². The molecule has 2 nitrogen and oxygen atoms in total. The average Bonchev–Trinajstić information content (AvgIpc) is 2.29. The van der Waals surface area contributed by atoms with Crippen LogP contribution in [0.3, 0.4) is 0 Å². The van der Waals surface area contributed by atoms with Crippen molar-refractivity contribution in [3.05, 3.63) is 35.4 Å². The molecule has 0 bridgehead atoms. The monoisotopic (exact) mass is 220 g/mol. The van der Waals surface area contributed by atoms with Crippen LogP contribution in [0.4, 0.5) is 0 Å². The van der Waals surface area contributed by atoms with Crippen LogP contribution in [-0.2, 0) is 13.1 Å². The van der Waals surface area contributed by atoms with Crippen LogP contribution in [0.2, 0.25) is 0 Å². The van der Waals surface area contributed by atoms with Crippen LogP contribution in [0.1, 0.15) is 37.3 Å². The van der Waals surface area contributed by atoms with Crippen LogP contribution in [0.5, 0.6) is 0 Å². The Morgan fingerprint density at radius 1 is 1.19 bits per heavy atom. The third-order valence-electron chi connectivity index (χ3n) is 2.82. The summed E-state index contributed by atoms with van der Waals surface area (Å²) in [6, 6.07) is 8.56. The molecule has 0 aliphatic rings. The van der Waals surface area contributed by atoms with Gasteiger partial charge in [0.25, 0.3) is 0 Å². The summed E-state index contributed by atoms with van der Waals surface area (Å²) in [6.07, 6.45) is 3.91. The van der Waals surface area contributed by atoms with Crippen molar-refractivity contribution in [1.29, 1.82) is 0 Å². The first-order valence-corrected chi connectivity index (χ1v) is 6.22. The van der Waals surface area contributed by atoms with Crippen LogP contribution < -0.4 is 5.73 Å².